The number of ether oxygens (including phenoxy) is 1. The van der Waals surface area contributed by atoms with Gasteiger partial charge in [0.2, 0.25) is 0 Å². The van der Waals surface area contributed by atoms with E-state index >= 15 is 0 Å². The Morgan fingerprint density at radius 1 is 1.33 bits per heavy atom. The molecule has 1 aromatic carbocycles. The summed E-state index contributed by atoms with van der Waals surface area (Å²) >= 11 is 0. The van der Waals surface area contributed by atoms with Gasteiger partial charge in [-0.25, -0.2) is 0 Å². The van der Waals surface area contributed by atoms with Crippen molar-refractivity contribution in [3.63, 3.8) is 0 Å². The Hall–Kier alpha value is -1.06. The molecule has 0 radical (unpaired) electrons. The molecule has 3 N–H and O–H groups in total. The molecule has 102 valence electrons. The van der Waals surface area contributed by atoms with Crippen LogP contribution in [0.4, 0.5) is 0 Å². The molecule has 0 aromatic heterocycles. The minimum atomic E-state index is 0.372. The second kappa shape index (κ2) is 7.39. The predicted molar refractivity (Wildman–Crippen MR) is 76.9 cm³/mol. The summed E-state index contributed by atoms with van der Waals surface area (Å²) in [4.78, 5) is 0. The lowest BCUT2D eigenvalue weighted by Gasteiger charge is -2.21. The lowest BCUT2D eigenvalue weighted by Crippen LogP contribution is -2.39. The Kier molecular flexibility index (Phi) is 6.16. The van der Waals surface area contributed by atoms with Gasteiger partial charge < -0.3 is 15.8 Å². The summed E-state index contributed by atoms with van der Waals surface area (Å²) in [6, 6.07) is 6.73. The Morgan fingerprint density at radius 3 is 2.56 bits per heavy atom. The lowest BCUT2D eigenvalue weighted by molar-refractivity contribution is 0.402. The van der Waals surface area contributed by atoms with Crippen LogP contribution in [0.2, 0.25) is 0 Å². The molecule has 1 unspecified atom stereocenters. The van der Waals surface area contributed by atoms with Crippen molar-refractivity contribution in [2.45, 2.75) is 39.8 Å². The molecule has 3 heteroatoms. The van der Waals surface area contributed by atoms with Crippen LogP contribution in [0.25, 0.3) is 0 Å². The van der Waals surface area contributed by atoms with Gasteiger partial charge in [-0.1, -0.05) is 32.9 Å². The minimum absolute atomic E-state index is 0.372. The average Bonchev–Trinajstić information content (AvgIpc) is 2.38. The zero-order valence-electron chi connectivity index (χ0n) is 12.0. The maximum atomic E-state index is 5.76. The fourth-order valence-corrected chi connectivity index (χ4v) is 2.06. The van der Waals surface area contributed by atoms with Gasteiger partial charge in [-0.2, -0.15) is 0 Å². The predicted octanol–water partition coefficient (Wildman–Crippen LogP) is 2.33. The Bertz CT molecular complexity index is 364. The third kappa shape index (κ3) is 4.00. The van der Waals surface area contributed by atoms with Crippen LogP contribution in [0.1, 0.15) is 31.9 Å². The molecule has 0 saturated carbocycles. The quantitative estimate of drug-likeness (QED) is 0.781. The highest BCUT2D eigenvalue weighted by Gasteiger charge is 2.10. The smallest absolute Gasteiger partial charge is 0.122 e. The van der Waals surface area contributed by atoms with E-state index in [4.69, 9.17) is 10.5 Å². The molecule has 0 heterocycles. The molecule has 0 aliphatic carbocycles. The van der Waals surface area contributed by atoms with Gasteiger partial charge in [-0.05, 0) is 29.5 Å². The van der Waals surface area contributed by atoms with Gasteiger partial charge in [-0.3, -0.25) is 0 Å². The number of rotatable bonds is 7. The van der Waals surface area contributed by atoms with Crippen molar-refractivity contribution in [2.75, 3.05) is 13.7 Å². The van der Waals surface area contributed by atoms with Crippen LogP contribution in [-0.2, 0) is 13.0 Å². The van der Waals surface area contributed by atoms with E-state index in [2.05, 4.69) is 38.2 Å². The second-order valence-electron chi connectivity index (χ2n) is 4.97. The molecule has 1 aromatic rings. The van der Waals surface area contributed by atoms with Crippen LogP contribution in [0.5, 0.6) is 5.75 Å². The van der Waals surface area contributed by atoms with E-state index in [9.17, 15) is 0 Å². The van der Waals surface area contributed by atoms with Gasteiger partial charge >= 0.3 is 0 Å². The number of aryl methyl sites for hydroxylation is 1. The standard InChI is InChI=1S/C15H26N2O/c1-5-13-8-12(6-7-15(13)18-4)10-17-14(9-16)11(2)3/h6-8,11,14,17H,5,9-10,16H2,1-4H3. The van der Waals surface area contributed by atoms with Gasteiger partial charge in [0.1, 0.15) is 5.75 Å². The number of nitrogens with one attached hydrogen (secondary N) is 1. The summed E-state index contributed by atoms with van der Waals surface area (Å²) in [6.45, 7) is 8.06. The van der Waals surface area contributed by atoms with Crippen molar-refractivity contribution in [3.8, 4) is 5.75 Å². The molecule has 0 spiro atoms. The van der Waals surface area contributed by atoms with Crippen LogP contribution in [-0.4, -0.2) is 19.7 Å². The van der Waals surface area contributed by atoms with E-state index in [0.29, 0.717) is 18.5 Å². The Morgan fingerprint density at radius 2 is 2.06 bits per heavy atom. The average molecular weight is 250 g/mol. The first kappa shape index (κ1) is 15.0. The number of methoxy groups -OCH3 is 1. The molecule has 0 aliphatic heterocycles. The van der Waals surface area contributed by atoms with E-state index < -0.39 is 0 Å². The minimum Gasteiger partial charge on any atom is -0.496 e. The summed E-state index contributed by atoms with van der Waals surface area (Å²) in [5, 5.41) is 3.51. The highest BCUT2D eigenvalue weighted by Crippen LogP contribution is 2.20. The van der Waals surface area contributed by atoms with E-state index in [1.165, 1.54) is 11.1 Å². The molecule has 3 nitrogen and oxygen atoms in total. The molecule has 0 fully saturated rings. The summed E-state index contributed by atoms with van der Waals surface area (Å²) in [5.74, 6) is 1.53. The maximum Gasteiger partial charge on any atom is 0.122 e. The van der Waals surface area contributed by atoms with Crippen molar-refractivity contribution in [1.29, 1.82) is 0 Å². The van der Waals surface area contributed by atoms with Gasteiger partial charge in [0.15, 0.2) is 0 Å². The lowest BCUT2D eigenvalue weighted by atomic mass is 10.0. The third-order valence-corrected chi connectivity index (χ3v) is 3.35. The first-order valence-corrected chi connectivity index (χ1v) is 6.71. The van der Waals surface area contributed by atoms with E-state index in [1.54, 1.807) is 7.11 Å². The van der Waals surface area contributed by atoms with E-state index in [1.807, 2.05) is 6.07 Å². The monoisotopic (exact) mass is 250 g/mol. The summed E-state index contributed by atoms with van der Waals surface area (Å²) < 4.78 is 5.34. The van der Waals surface area contributed by atoms with Crippen LogP contribution < -0.4 is 15.8 Å². The Balaban J connectivity index is 2.67. The third-order valence-electron chi connectivity index (χ3n) is 3.35. The summed E-state index contributed by atoms with van der Waals surface area (Å²) in [6.07, 6.45) is 0.988. The molecule has 0 saturated heterocycles. The van der Waals surface area contributed by atoms with Crippen molar-refractivity contribution in [2.24, 2.45) is 11.7 Å². The summed E-state index contributed by atoms with van der Waals surface area (Å²) in [7, 11) is 1.72. The van der Waals surface area contributed by atoms with Crippen molar-refractivity contribution in [3.05, 3.63) is 29.3 Å². The SMILES string of the molecule is CCc1cc(CNC(CN)C(C)C)ccc1OC. The highest BCUT2D eigenvalue weighted by atomic mass is 16.5. The normalized spacial score (nSPS) is 12.8. The highest BCUT2D eigenvalue weighted by molar-refractivity contribution is 5.37. The molecule has 1 atom stereocenters. The zero-order valence-corrected chi connectivity index (χ0v) is 12.0. The van der Waals surface area contributed by atoms with Gasteiger partial charge in [-0.15, -0.1) is 0 Å². The Labute approximate surface area is 111 Å². The van der Waals surface area contributed by atoms with E-state index in [0.717, 1.165) is 18.7 Å². The molecular formula is C15H26N2O. The first-order chi connectivity index (χ1) is 8.62. The van der Waals surface area contributed by atoms with Crippen LogP contribution in [0, 0.1) is 5.92 Å². The second-order valence-corrected chi connectivity index (χ2v) is 4.97. The van der Waals surface area contributed by atoms with Crippen molar-refractivity contribution >= 4 is 0 Å². The zero-order chi connectivity index (χ0) is 13.5. The largest absolute Gasteiger partial charge is 0.496 e. The van der Waals surface area contributed by atoms with Crippen molar-refractivity contribution in [1.82, 2.24) is 5.32 Å². The first-order valence-electron chi connectivity index (χ1n) is 6.71. The topological polar surface area (TPSA) is 47.3 Å². The molecule has 0 aliphatic rings. The maximum absolute atomic E-state index is 5.76. The fraction of sp³-hybridized carbons (Fsp3) is 0.600. The molecule has 18 heavy (non-hydrogen) atoms. The number of benzene rings is 1. The van der Waals surface area contributed by atoms with Crippen LogP contribution >= 0.6 is 0 Å². The fourth-order valence-electron chi connectivity index (χ4n) is 2.06. The number of hydrogen-bond acceptors (Lipinski definition) is 3. The van der Waals surface area contributed by atoms with E-state index in [-0.39, 0.29) is 0 Å². The van der Waals surface area contributed by atoms with Crippen molar-refractivity contribution < 1.29 is 4.74 Å². The molecule has 0 amide bonds. The van der Waals surface area contributed by atoms with Crippen LogP contribution in [0.15, 0.2) is 18.2 Å². The molecular weight excluding hydrogens is 224 g/mol. The molecule has 0 bridgehead atoms. The molecule has 1 rings (SSSR count). The summed E-state index contributed by atoms with van der Waals surface area (Å²) in [5.41, 5.74) is 8.30. The van der Waals surface area contributed by atoms with Gasteiger partial charge in [0.05, 0.1) is 7.11 Å². The van der Waals surface area contributed by atoms with Gasteiger partial charge in [0.25, 0.3) is 0 Å². The number of hydrogen-bond donors (Lipinski definition) is 2. The van der Waals surface area contributed by atoms with Crippen LogP contribution in [0.3, 0.4) is 0 Å². The number of nitrogens with two attached hydrogens (primary N) is 1. The van der Waals surface area contributed by atoms with Gasteiger partial charge in [0, 0.05) is 19.1 Å².